The minimum Gasteiger partial charge on any atom is -0.300 e. The molecule has 1 saturated carbocycles. The molecule has 0 N–H and O–H groups in total. The van der Waals surface area contributed by atoms with E-state index in [-0.39, 0.29) is 17.5 Å². The number of ketones is 1. The fourth-order valence-electron chi connectivity index (χ4n) is 5.07. The molecule has 2 aliphatic carbocycles. The first-order valence-corrected chi connectivity index (χ1v) is 9.81. The molecule has 2 aromatic carbocycles. The van der Waals surface area contributed by atoms with Crippen molar-refractivity contribution < 1.29 is 9.18 Å². The van der Waals surface area contributed by atoms with E-state index < -0.39 is 5.41 Å². The average Bonchev–Trinajstić information content (AvgIpc) is 3.04. The molecule has 1 fully saturated rings. The van der Waals surface area contributed by atoms with Crippen LogP contribution in [0.5, 0.6) is 0 Å². The zero-order valence-electron chi connectivity index (χ0n) is 15.5. The SMILES string of the molecule is N#CC12CCC(=O)CC1CCCc1cc3c(cnn3-c3ccc(F)cc3)cc12. The van der Waals surface area contributed by atoms with Gasteiger partial charge in [0.1, 0.15) is 11.6 Å². The molecule has 2 aliphatic rings. The highest BCUT2D eigenvalue weighted by Crippen LogP contribution is 2.48. The lowest BCUT2D eigenvalue weighted by Crippen LogP contribution is -2.39. The van der Waals surface area contributed by atoms with Crippen molar-refractivity contribution in [3.63, 3.8) is 0 Å². The van der Waals surface area contributed by atoms with Crippen LogP contribution < -0.4 is 0 Å². The van der Waals surface area contributed by atoms with Gasteiger partial charge in [-0.05, 0) is 79.1 Å². The maximum Gasteiger partial charge on any atom is 0.133 e. The second-order valence-corrected chi connectivity index (χ2v) is 8.02. The number of halogens is 1. The molecule has 0 spiro atoms. The Bertz CT molecular complexity index is 1130. The van der Waals surface area contributed by atoms with Gasteiger partial charge in [0.2, 0.25) is 0 Å². The number of hydrogen-bond donors (Lipinski definition) is 0. The Hall–Kier alpha value is -3.00. The number of aryl methyl sites for hydroxylation is 1. The van der Waals surface area contributed by atoms with E-state index >= 15 is 0 Å². The van der Waals surface area contributed by atoms with Crippen molar-refractivity contribution >= 4 is 16.7 Å². The van der Waals surface area contributed by atoms with Crippen LogP contribution in [0.25, 0.3) is 16.6 Å². The van der Waals surface area contributed by atoms with Crippen molar-refractivity contribution in [2.24, 2.45) is 5.92 Å². The molecule has 0 amide bonds. The molecule has 0 aliphatic heterocycles. The summed E-state index contributed by atoms with van der Waals surface area (Å²) in [5.74, 6) is 0.108. The fourth-order valence-corrected chi connectivity index (χ4v) is 5.07. The molecule has 28 heavy (non-hydrogen) atoms. The molecule has 1 aromatic heterocycles. The number of rotatable bonds is 1. The highest BCUT2D eigenvalue weighted by molar-refractivity contribution is 5.84. The van der Waals surface area contributed by atoms with Crippen LogP contribution in [0.1, 0.15) is 43.2 Å². The molecule has 4 nitrogen and oxygen atoms in total. The number of nitrogens with zero attached hydrogens (tertiary/aromatic N) is 3. The summed E-state index contributed by atoms with van der Waals surface area (Å²) in [5, 5.41) is 15.7. The summed E-state index contributed by atoms with van der Waals surface area (Å²) < 4.78 is 15.1. The van der Waals surface area contributed by atoms with Crippen molar-refractivity contribution in [2.45, 2.75) is 43.9 Å². The van der Waals surface area contributed by atoms with Crippen LogP contribution in [-0.4, -0.2) is 15.6 Å². The molecule has 5 heteroatoms. The van der Waals surface area contributed by atoms with Crippen molar-refractivity contribution in [1.82, 2.24) is 9.78 Å². The van der Waals surface area contributed by atoms with Gasteiger partial charge in [-0.2, -0.15) is 10.4 Å². The first kappa shape index (κ1) is 17.1. The number of carbonyl (C=O) groups is 1. The standard InChI is InChI=1S/C23H20FN3O/c24-18-4-6-19(7-5-18)27-22-11-15-2-1-3-17-12-20(28)8-9-23(17,14-25)21(15)10-16(22)13-26-27/h4-7,10-11,13,17H,1-3,8-9,12H2. The van der Waals surface area contributed by atoms with Gasteiger partial charge in [-0.1, -0.05) is 0 Å². The third kappa shape index (κ3) is 2.48. The van der Waals surface area contributed by atoms with Crippen molar-refractivity contribution in [1.29, 1.82) is 5.26 Å². The van der Waals surface area contributed by atoms with E-state index in [9.17, 15) is 14.4 Å². The fraction of sp³-hybridized carbons (Fsp3) is 0.348. The minimum atomic E-state index is -0.577. The second-order valence-electron chi connectivity index (χ2n) is 8.02. The van der Waals surface area contributed by atoms with Crippen LogP contribution in [0.4, 0.5) is 4.39 Å². The molecular formula is C23H20FN3O. The lowest BCUT2D eigenvalue weighted by Gasteiger charge is -2.38. The molecule has 2 unspecified atom stereocenters. The van der Waals surface area contributed by atoms with Crippen molar-refractivity contribution in [3.8, 4) is 11.8 Å². The number of hydrogen-bond acceptors (Lipinski definition) is 3. The van der Waals surface area contributed by atoms with Gasteiger partial charge in [-0.3, -0.25) is 4.79 Å². The van der Waals surface area contributed by atoms with Gasteiger partial charge in [0.05, 0.1) is 28.9 Å². The highest BCUT2D eigenvalue weighted by Gasteiger charge is 2.47. The van der Waals surface area contributed by atoms with E-state index in [2.05, 4.69) is 23.3 Å². The Balaban J connectivity index is 1.69. The zero-order valence-corrected chi connectivity index (χ0v) is 15.5. The van der Waals surface area contributed by atoms with Gasteiger partial charge in [-0.15, -0.1) is 0 Å². The Morgan fingerprint density at radius 3 is 2.82 bits per heavy atom. The predicted molar refractivity (Wildman–Crippen MR) is 104 cm³/mol. The summed E-state index contributed by atoms with van der Waals surface area (Å²) in [6.45, 7) is 0. The van der Waals surface area contributed by atoms with Crippen LogP contribution in [0.2, 0.25) is 0 Å². The number of fused-ring (bicyclic) bond motifs is 4. The Morgan fingerprint density at radius 2 is 2.04 bits per heavy atom. The summed E-state index contributed by atoms with van der Waals surface area (Å²) in [7, 11) is 0. The van der Waals surface area contributed by atoms with Gasteiger partial charge >= 0.3 is 0 Å². The molecule has 0 radical (unpaired) electrons. The molecule has 5 rings (SSSR count). The normalized spacial score (nSPS) is 24.3. The number of carbonyl (C=O) groups excluding carboxylic acids is 1. The molecular weight excluding hydrogens is 353 g/mol. The summed E-state index contributed by atoms with van der Waals surface area (Å²) in [6, 6.07) is 13.2. The molecule has 1 heterocycles. The maximum atomic E-state index is 13.3. The van der Waals surface area contributed by atoms with Crippen LogP contribution in [0.3, 0.4) is 0 Å². The van der Waals surface area contributed by atoms with Crippen LogP contribution >= 0.6 is 0 Å². The van der Waals surface area contributed by atoms with E-state index in [1.165, 1.54) is 17.7 Å². The maximum absolute atomic E-state index is 13.3. The highest BCUT2D eigenvalue weighted by atomic mass is 19.1. The topological polar surface area (TPSA) is 58.7 Å². The van der Waals surface area contributed by atoms with E-state index in [0.717, 1.165) is 41.4 Å². The largest absolute Gasteiger partial charge is 0.300 e. The van der Waals surface area contributed by atoms with Gasteiger partial charge in [0.25, 0.3) is 0 Å². The first-order chi connectivity index (χ1) is 13.6. The lowest BCUT2D eigenvalue weighted by molar-refractivity contribution is -0.122. The van der Waals surface area contributed by atoms with Crippen molar-refractivity contribution in [3.05, 3.63) is 59.5 Å². The summed E-state index contributed by atoms with van der Waals surface area (Å²) >= 11 is 0. The van der Waals surface area contributed by atoms with Gasteiger partial charge < -0.3 is 0 Å². The molecule has 0 bridgehead atoms. The van der Waals surface area contributed by atoms with Crippen LogP contribution in [0, 0.1) is 23.1 Å². The summed E-state index contributed by atoms with van der Waals surface area (Å²) in [6.07, 6.45) is 6.19. The minimum absolute atomic E-state index is 0.101. The number of benzene rings is 2. The summed E-state index contributed by atoms with van der Waals surface area (Å²) in [5.41, 5.74) is 3.45. The van der Waals surface area contributed by atoms with E-state index in [0.29, 0.717) is 19.3 Å². The van der Waals surface area contributed by atoms with E-state index in [4.69, 9.17) is 0 Å². The average molecular weight is 373 g/mol. The second kappa shape index (κ2) is 6.27. The third-order valence-electron chi connectivity index (χ3n) is 6.51. The summed E-state index contributed by atoms with van der Waals surface area (Å²) in [4.78, 5) is 12.0. The van der Waals surface area contributed by atoms with Crippen molar-refractivity contribution in [2.75, 3.05) is 0 Å². The lowest BCUT2D eigenvalue weighted by atomic mass is 9.62. The Morgan fingerprint density at radius 1 is 1.21 bits per heavy atom. The van der Waals surface area contributed by atoms with E-state index in [1.54, 1.807) is 18.3 Å². The van der Waals surface area contributed by atoms with Gasteiger partial charge in [-0.25, -0.2) is 9.07 Å². The number of Topliss-reactive ketones (excluding diaryl/α,β-unsaturated/α-hetero) is 1. The Kier molecular flexibility index (Phi) is 3.83. The predicted octanol–water partition coefficient (Wildman–Crippen LogP) is 4.63. The van der Waals surface area contributed by atoms with Gasteiger partial charge in [0, 0.05) is 18.2 Å². The first-order valence-electron chi connectivity index (χ1n) is 9.81. The smallest absolute Gasteiger partial charge is 0.133 e. The van der Waals surface area contributed by atoms with E-state index in [1.807, 2.05) is 4.68 Å². The Labute approximate surface area is 162 Å². The third-order valence-corrected chi connectivity index (χ3v) is 6.51. The molecule has 3 aromatic rings. The van der Waals surface area contributed by atoms with Crippen LogP contribution in [0.15, 0.2) is 42.6 Å². The molecule has 0 saturated heterocycles. The molecule has 2 atom stereocenters. The monoisotopic (exact) mass is 373 g/mol. The number of nitriles is 1. The van der Waals surface area contributed by atoms with Gasteiger partial charge in [0.15, 0.2) is 0 Å². The van der Waals surface area contributed by atoms with Crippen LogP contribution in [-0.2, 0) is 16.6 Å². The molecule has 140 valence electrons. The zero-order chi connectivity index (χ0) is 19.3. The number of aromatic nitrogens is 2. The quantitative estimate of drug-likeness (QED) is 0.625.